The Kier molecular flexibility index (Phi) is 4.44. The van der Waals surface area contributed by atoms with Gasteiger partial charge in [-0.3, -0.25) is 0 Å². The number of hydrogen-bond donors (Lipinski definition) is 0. The molecule has 0 saturated heterocycles. The summed E-state index contributed by atoms with van der Waals surface area (Å²) in [4.78, 5) is 0. The number of nitrogens with zero attached hydrogens (tertiary/aromatic N) is 1. The van der Waals surface area contributed by atoms with E-state index in [4.69, 9.17) is 0 Å². The van der Waals surface area contributed by atoms with Crippen LogP contribution >= 0.6 is 13.9 Å². The first-order valence-corrected chi connectivity index (χ1v) is 16.0. The van der Waals surface area contributed by atoms with Crippen molar-refractivity contribution >= 4 is 37.6 Å². The molecular formula is C20H17AsBrN. The summed E-state index contributed by atoms with van der Waals surface area (Å²) >= 11 is 4.23. The molecule has 0 fully saturated rings. The van der Waals surface area contributed by atoms with Gasteiger partial charge in [0, 0.05) is 0 Å². The molecule has 0 unspecified atom stereocenters. The molecule has 3 rings (SSSR count). The van der Waals surface area contributed by atoms with E-state index in [1.54, 1.807) is 0 Å². The average Bonchev–Trinajstić information content (AvgIpc) is 2.64. The van der Waals surface area contributed by atoms with Crippen molar-refractivity contribution in [1.82, 2.24) is 0 Å². The van der Waals surface area contributed by atoms with E-state index in [0.717, 1.165) is 0 Å². The standard InChI is InChI=1S/C20H17AsBrN/c22-21(16-17-23,18-10-4-1-5-11-18,19-12-6-2-7-13-19)20-14-8-3-9-15-20/h1-15H,16H2. The van der Waals surface area contributed by atoms with Crippen molar-refractivity contribution in [3.63, 3.8) is 0 Å². The molecule has 0 atom stereocenters. The van der Waals surface area contributed by atoms with Crippen LogP contribution in [0.5, 0.6) is 0 Å². The van der Waals surface area contributed by atoms with Crippen LogP contribution in [0.3, 0.4) is 0 Å². The fraction of sp³-hybridized carbons (Fsp3) is 0.0500. The van der Waals surface area contributed by atoms with Crippen LogP contribution < -0.4 is 13.1 Å². The number of halogens is 1. The number of nitriles is 1. The molecule has 114 valence electrons. The van der Waals surface area contributed by atoms with Gasteiger partial charge in [0.15, 0.2) is 0 Å². The molecule has 0 radical (unpaired) electrons. The molecule has 3 heteroatoms. The molecule has 0 saturated carbocycles. The molecule has 0 aliphatic carbocycles. The van der Waals surface area contributed by atoms with Gasteiger partial charge in [-0.05, 0) is 0 Å². The van der Waals surface area contributed by atoms with Crippen LogP contribution in [0.4, 0.5) is 0 Å². The Morgan fingerprint density at radius 2 is 0.957 bits per heavy atom. The van der Waals surface area contributed by atoms with Gasteiger partial charge in [-0.15, -0.1) is 0 Å². The Morgan fingerprint density at radius 3 is 1.22 bits per heavy atom. The van der Waals surface area contributed by atoms with Crippen LogP contribution in [-0.4, -0.2) is 10.6 Å². The molecule has 3 aromatic carbocycles. The van der Waals surface area contributed by atoms with Crippen molar-refractivity contribution in [2.45, 2.75) is 5.21 Å². The fourth-order valence-corrected chi connectivity index (χ4v) is 15.9. The summed E-state index contributed by atoms with van der Waals surface area (Å²) in [6.07, 6.45) is 0. The van der Waals surface area contributed by atoms with Crippen molar-refractivity contribution in [2.24, 2.45) is 0 Å². The molecule has 0 N–H and O–H groups in total. The molecule has 0 heterocycles. The second-order valence-corrected chi connectivity index (χ2v) is 22.5. The van der Waals surface area contributed by atoms with Gasteiger partial charge >= 0.3 is 145 Å². The van der Waals surface area contributed by atoms with Crippen LogP contribution in [0.2, 0.25) is 5.21 Å². The number of hydrogen-bond acceptors (Lipinski definition) is 1. The zero-order chi connectivity index (χ0) is 16.2. The van der Waals surface area contributed by atoms with Gasteiger partial charge in [0.2, 0.25) is 0 Å². The number of rotatable bonds is 4. The van der Waals surface area contributed by atoms with Gasteiger partial charge in [0.1, 0.15) is 0 Å². The minimum atomic E-state index is -3.68. The van der Waals surface area contributed by atoms with Crippen molar-refractivity contribution in [3.8, 4) is 6.07 Å². The molecule has 3 aromatic rings. The van der Waals surface area contributed by atoms with E-state index in [1.165, 1.54) is 13.1 Å². The van der Waals surface area contributed by atoms with E-state index in [0.29, 0.717) is 5.21 Å². The van der Waals surface area contributed by atoms with Crippen molar-refractivity contribution in [2.75, 3.05) is 0 Å². The van der Waals surface area contributed by atoms with Gasteiger partial charge < -0.3 is 0 Å². The predicted molar refractivity (Wildman–Crippen MR) is 103 cm³/mol. The summed E-state index contributed by atoms with van der Waals surface area (Å²) in [6, 6.07) is 33.8. The first kappa shape index (κ1) is 16.1. The molecule has 0 spiro atoms. The summed E-state index contributed by atoms with van der Waals surface area (Å²) in [5.41, 5.74) is 0. The van der Waals surface area contributed by atoms with E-state index in [1.807, 2.05) is 18.2 Å². The Bertz CT molecular complexity index is 726. The third kappa shape index (κ3) is 2.55. The minimum absolute atomic E-state index is 0.469. The SMILES string of the molecule is N#CC[As](Br)(c1ccccc1)(c1ccccc1)c1ccccc1. The monoisotopic (exact) mass is 425 g/mol. The zero-order valence-corrected chi connectivity index (χ0v) is 16.1. The molecule has 0 bridgehead atoms. The van der Waals surface area contributed by atoms with E-state index < -0.39 is 10.6 Å². The molecule has 0 aliphatic rings. The third-order valence-corrected chi connectivity index (χ3v) is 22.1. The summed E-state index contributed by atoms with van der Waals surface area (Å²) < 4.78 is 3.68. The Balaban J connectivity index is 2.44. The van der Waals surface area contributed by atoms with Crippen molar-refractivity contribution in [3.05, 3.63) is 91.0 Å². The Hall–Kier alpha value is -1.81. The first-order chi connectivity index (χ1) is 11.2. The third-order valence-electron chi connectivity index (χ3n) is 4.25. The van der Waals surface area contributed by atoms with E-state index in [2.05, 4.69) is 92.8 Å². The normalized spacial score (nSPS) is 12.8. The van der Waals surface area contributed by atoms with Gasteiger partial charge in [-0.1, -0.05) is 0 Å². The van der Waals surface area contributed by atoms with Crippen molar-refractivity contribution < 1.29 is 0 Å². The average molecular weight is 426 g/mol. The maximum absolute atomic E-state index is 9.72. The van der Waals surface area contributed by atoms with Crippen LogP contribution in [0.25, 0.3) is 0 Å². The molecule has 1 nitrogen and oxygen atoms in total. The molecule has 0 amide bonds. The maximum atomic E-state index is 9.72. The quantitative estimate of drug-likeness (QED) is 0.586. The van der Waals surface area contributed by atoms with Crippen LogP contribution in [0.1, 0.15) is 0 Å². The van der Waals surface area contributed by atoms with Gasteiger partial charge in [-0.25, -0.2) is 0 Å². The molecule has 0 aromatic heterocycles. The topological polar surface area (TPSA) is 23.8 Å². The van der Waals surface area contributed by atoms with Gasteiger partial charge in [-0.2, -0.15) is 0 Å². The summed E-state index contributed by atoms with van der Waals surface area (Å²) in [5, 5.41) is 10.2. The van der Waals surface area contributed by atoms with Crippen LogP contribution in [-0.2, 0) is 0 Å². The Labute approximate surface area is 144 Å². The predicted octanol–water partition coefficient (Wildman–Crippen LogP) is 3.53. The second kappa shape index (κ2) is 6.36. The first-order valence-electron chi connectivity index (χ1n) is 7.47. The fourth-order valence-electron chi connectivity index (χ4n) is 3.07. The summed E-state index contributed by atoms with van der Waals surface area (Å²) in [5.74, 6) is 0. The van der Waals surface area contributed by atoms with Crippen LogP contribution in [0, 0.1) is 11.3 Å². The van der Waals surface area contributed by atoms with E-state index in [9.17, 15) is 5.26 Å². The van der Waals surface area contributed by atoms with E-state index >= 15 is 0 Å². The zero-order valence-electron chi connectivity index (χ0n) is 12.6. The summed E-state index contributed by atoms with van der Waals surface area (Å²) in [7, 11) is -3.68. The van der Waals surface area contributed by atoms with Gasteiger partial charge in [0.25, 0.3) is 0 Å². The van der Waals surface area contributed by atoms with Crippen LogP contribution in [0.15, 0.2) is 91.0 Å². The Morgan fingerprint density at radius 1 is 0.652 bits per heavy atom. The van der Waals surface area contributed by atoms with Crippen molar-refractivity contribution in [1.29, 1.82) is 5.26 Å². The summed E-state index contributed by atoms with van der Waals surface area (Å²) in [6.45, 7) is 0. The second-order valence-electron chi connectivity index (χ2n) is 5.51. The van der Waals surface area contributed by atoms with Gasteiger partial charge in [0.05, 0.1) is 0 Å². The van der Waals surface area contributed by atoms with E-state index in [-0.39, 0.29) is 0 Å². The molecular weight excluding hydrogens is 409 g/mol. The molecule has 23 heavy (non-hydrogen) atoms. The number of benzene rings is 3. The molecule has 0 aliphatic heterocycles.